The molecular weight excluding hydrogens is 315 g/mol. The zero-order valence-corrected chi connectivity index (χ0v) is 13.3. The second kappa shape index (κ2) is 7.26. The monoisotopic (exact) mass is 335 g/mol. The van der Waals surface area contributed by atoms with Crippen LogP contribution in [0.2, 0.25) is 0 Å². The molecule has 24 heavy (non-hydrogen) atoms. The summed E-state index contributed by atoms with van der Waals surface area (Å²) in [6.45, 7) is 2.22. The van der Waals surface area contributed by atoms with Crippen LogP contribution in [0.25, 0.3) is 0 Å². The SMILES string of the molecule is FC(F)(F)c1ccc(COC2CCN(c3ccccc3)CC2)cc1. The molecule has 1 saturated heterocycles. The number of piperidine rings is 1. The fraction of sp³-hybridized carbons (Fsp3) is 0.368. The third-order valence-electron chi connectivity index (χ3n) is 4.33. The van der Waals surface area contributed by atoms with Gasteiger partial charge in [-0.05, 0) is 42.7 Å². The van der Waals surface area contributed by atoms with Crippen LogP contribution < -0.4 is 4.90 Å². The number of benzene rings is 2. The molecule has 1 heterocycles. The molecule has 0 amide bonds. The molecule has 0 unspecified atom stereocenters. The molecule has 0 radical (unpaired) electrons. The highest BCUT2D eigenvalue weighted by Gasteiger charge is 2.30. The Morgan fingerprint density at radius 1 is 0.917 bits per heavy atom. The van der Waals surface area contributed by atoms with E-state index in [9.17, 15) is 13.2 Å². The van der Waals surface area contributed by atoms with Gasteiger partial charge in [-0.15, -0.1) is 0 Å². The van der Waals surface area contributed by atoms with Gasteiger partial charge in [-0.3, -0.25) is 0 Å². The molecule has 0 aromatic heterocycles. The van der Waals surface area contributed by atoms with E-state index < -0.39 is 11.7 Å². The van der Waals surface area contributed by atoms with Crippen molar-refractivity contribution in [1.29, 1.82) is 0 Å². The first-order valence-electron chi connectivity index (χ1n) is 8.10. The molecule has 1 fully saturated rings. The number of para-hydroxylation sites is 1. The summed E-state index contributed by atoms with van der Waals surface area (Å²) in [6, 6.07) is 15.5. The number of halogens is 3. The molecule has 0 bridgehead atoms. The van der Waals surface area contributed by atoms with E-state index in [0.717, 1.165) is 43.6 Å². The van der Waals surface area contributed by atoms with Crippen LogP contribution in [0.5, 0.6) is 0 Å². The molecule has 0 saturated carbocycles. The Morgan fingerprint density at radius 2 is 1.54 bits per heavy atom. The number of rotatable bonds is 4. The quantitative estimate of drug-likeness (QED) is 0.789. The predicted molar refractivity (Wildman–Crippen MR) is 87.9 cm³/mol. The van der Waals surface area contributed by atoms with Crippen molar-refractivity contribution in [3.05, 3.63) is 65.7 Å². The number of hydrogen-bond acceptors (Lipinski definition) is 2. The zero-order chi connectivity index (χ0) is 17.0. The lowest BCUT2D eigenvalue weighted by Crippen LogP contribution is -2.36. The molecule has 0 atom stereocenters. The van der Waals surface area contributed by atoms with E-state index in [-0.39, 0.29) is 6.10 Å². The Kier molecular flexibility index (Phi) is 5.09. The molecule has 3 rings (SSSR count). The smallest absolute Gasteiger partial charge is 0.373 e. The van der Waals surface area contributed by atoms with Gasteiger partial charge in [-0.1, -0.05) is 30.3 Å². The van der Waals surface area contributed by atoms with Gasteiger partial charge in [0, 0.05) is 18.8 Å². The Morgan fingerprint density at radius 3 is 2.12 bits per heavy atom. The van der Waals surface area contributed by atoms with E-state index >= 15 is 0 Å². The van der Waals surface area contributed by atoms with Crippen LogP contribution in [0.3, 0.4) is 0 Å². The molecule has 128 valence electrons. The van der Waals surface area contributed by atoms with Crippen molar-refractivity contribution in [2.24, 2.45) is 0 Å². The van der Waals surface area contributed by atoms with Crippen LogP contribution in [-0.2, 0) is 17.5 Å². The number of ether oxygens (including phenoxy) is 1. The van der Waals surface area contributed by atoms with Gasteiger partial charge in [-0.2, -0.15) is 13.2 Å². The lowest BCUT2D eigenvalue weighted by molar-refractivity contribution is -0.137. The maximum absolute atomic E-state index is 12.5. The minimum absolute atomic E-state index is 0.159. The van der Waals surface area contributed by atoms with Crippen molar-refractivity contribution in [3.63, 3.8) is 0 Å². The number of alkyl halides is 3. The first kappa shape index (κ1) is 16.8. The Hall–Kier alpha value is -2.01. The summed E-state index contributed by atoms with van der Waals surface area (Å²) in [5, 5.41) is 0. The van der Waals surface area contributed by atoms with E-state index in [4.69, 9.17) is 4.74 Å². The number of hydrogen-bond donors (Lipinski definition) is 0. The van der Waals surface area contributed by atoms with Crippen LogP contribution in [0, 0.1) is 0 Å². The second-order valence-electron chi connectivity index (χ2n) is 6.03. The van der Waals surface area contributed by atoms with Gasteiger partial charge >= 0.3 is 6.18 Å². The third kappa shape index (κ3) is 4.29. The van der Waals surface area contributed by atoms with Gasteiger partial charge in [0.2, 0.25) is 0 Å². The summed E-state index contributed by atoms with van der Waals surface area (Å²) >= 11 is 0. The Bertz CT molecular complexity index is 632. The van der Waals surface area contributed by atoms with E-state index in [0.29, 0.717) is 6.61 Å². The standard InChI is InChI=1S/C19H20F3NO/c20-19(21,22)16-8-6-15(7-9-16)14-24-18-10-12-23(13-11-18)17-4-2-1-3-5-17/h1-9,18H,10-14H2. The van der Waals surface area contributed by atoms with E-state index in [1.807, 2.05) is 18.2 Å². The van der Waals surface area contributed by atoms with Crippen molar-refractivity contribution in [2.45, 2.75) is 31.7 Å². The molecule has 0 spiro atoms. The minimum Gasteiger partial charge on any atom is -0.373 e. The lowest BCUT2D eigenvalue weighted by atomic mass is 10.1. The van der Waals surface area contributed by atoms with E-state index in [1.165, 1.54) is 17.8 Å². The Labute approximate surface area is 139 Å². The molecule has 0 N–H and O–H groups in total. The summed E-state index contributed by atoms with van der Waals surface area (Å²) in [4.78, 5) is 2.33. The average molecular weight is 335 g/mol. The third-order valence-corrected chi connectivity index (χ3v) is 4.33. The van der Waals surface area contributed by atoms with Gasteiger partial charge in [0.1, 0.15) is 0 Å². The summed E-state index contributed by atoms with van der Waals surface area (Å²) in [7, 11) is 0. The highest BCUT2D eigenvalue weighted by molar-refractivity contribution is 5.46. The maximum atomic E-state index is 12.5. The lowest BCUT2D eigenvalue weighted by Gasteiger charge is -2.33. The summed E-state index contributed by atoms with van der Waals surface area (Å²) in [5.41, 5.74) is 1.37. The average Bonchev–Trinajstić information content (AvgIpc) is 2.61. The predicted octanol–water partition coefficient (Wildman–Crippen LogP) is 4.89. The van der Waals surface area contributed by atoms with Crippen LogP contribution in [-0.4, -0.2) is 19.2 Å². The van der Waals surface area contributed by atoms with Gasteiger partial charge in [0.15, 0.2) is 0 Å². The molecule has 2 nitrogen and oxygen atoms in total. The minimum atomic E-state index is -4.29. The zero-order valence-electron chi connectivity index (χ0n) is 13.3. The molecule has 5 heteroatoms. The van der Waals surface area contributed by atoms with E-state index in [2.05, 4.69) is 17.0 Å². The fourth-order valence-electron chi connectivity index (χ4n) is 2.92. The first-order chi connectivity index (χ1) is 11.5. The molecule has 2 aromatic rings. The van der Waals surface area contributed by atoms with Crippen molar-refractivity contribution < 1.29 is 17.9 Å². The highest BCUT2D eigenvalue weighted by Crippen LogP contribution is 2.29. The van der Waals surface area contributed by atoms with Gasteiger partial charge in [-0.25, -0.2) is 0 Å². The molecule has 1 aliphatic rings. The van der Waals surface area contributed by atoms with Crippen LogP contribution in [0.1, 0.15) is 24.0 Å². The van der Waals surface area contributed by atoms with Crippen molar-refractivity contribution >= 4 is 5.69 Å². The summed E-state index contributed by atoms with van der Waals surface area (Å²) in [5.74, 6) is 0. The molecular formula is C19H20F3NO. The fourth-order valence-corrected chi connectivity index (χ4v) is 2.92. The summed E-state index contributed by atoms with van der Waals surface area (Å²) < 4.78 is 43.5. The van der Waals surface area contributed by atoms with Crippen LogP contribution in [0.15, 0.2) is 54.6 Å². The van der Waals surface area contributed by atoms with Crippen LogP contribution in [0.4, 0.5) is 18.9 Å². The molecule has 1 aliphatic heterocycles. The maximum Gasteiger partial charge on any atom is 0.416 e. The highest BCUT2D eigenvalue weighted by atomic mass is 19.4. The van der Waals surface area contributed by atoms with Crippen molar-refractivity contribution in [2.75, 3.05) is 18.0 Å². The van der Waals surface area contributed by atoms with Gasteiger partial charge in [0.05, 0.1) is 18.3 Å². The Balaban J connectivity index is 1.47. The summed E-state index contributed by atoms with van der Waals surface area (Å²) in [6.07, 6.45) is -2.28. The molecule has 0 aliphatic carbocycles. The number of nitrogens with zero attached hydrogens (tertiary/aromatic N) is 1. The number of anilines is 1. The van der Waals surface area contributed by atoms with Crippen LogP contribution >= 0.6 is 0 Å². The van der Waals surface area contributed by atoms with Crippen molar-refractivity contribution in [3.8, 4) is 0 Å². The van der Waals surface area contributed by atoms with Gasteiger partial charge in [0.25, 0.3) is 0 Å². The van der Waals surface area contributed by atoms with E-state index in [1.54, 1.807) is 0 Å². The largest absolute Gasteiger partial charge is 0.416 e. The topological polar surface area (TPSA) is 12.5 Å². The van der Waals surface area contributed by atoms with Crippen molar-refractivity contribution in [1.82, 2.24) is 0 Å². The van der Waals surface area contributed by atoms with Gasteiger partial charge < -0.3 is 9.64 Å². The molecule has 2 aromatic carbocycles. The normalized spacial score (nSPS) is 16.4. The second-order valence-corrected chi connectivity index (χ2v) is 6.03. The first-order valence-corrected chi connectivity index (χ1v) is 8.10.